The molecule has 0 saturated heterocycles. The number of benzene rings is 1. The van der Waals surface area contributed by atoms with E-state index >= 15 is 0 Å². The zero-order valence-corrected chi connectivity index (χ0v) is 17.4. The van der Waals surface area contributed by atoms with Crippen LogP contribution in [0, 0.1) is 0 Å². The van der Waals surface area contributed by atoms with E-state index in [4.69, 9.17) is 0 Å². The summed E-state index contributed by atoms with van der Waals surface area (Å²) in [5.74, 6) is -1.29. The Kier molecular flexibility index (Phi) is 7.80. The number of halogens is 3. The maximum Gasteiger partial charge on any atom is 0.573 e. The lowest BCUT2D eigenvalue weighted by molar-refractivity contribution is -0.274. The SMILES string of the molecule is CCCCNCS(=O)(=O)N(C)CC(=O)Nc1nc2ccc(OC(F)(F)F)cc2s1. The van der Waals surface area contributed by atoms with Crippen molar-refractivity contribution in [1.82, 2.24) is 14.6 Å². The minimum Gasteiger partial charge on any atom is -0.406 e. The molecule has 0 aliphatic rings. The van der Waals surface area contributed by atoms with Crippen LogP contribution in [0.5, 0.6) is 5.75 Å². The first-order chi connectivity index (χ1) is 13.5. The van der Waals surface area contributed by atoms with Gasteiger partial charge in [-0.3, -0.25) is 4.79 Å². The maximum atomic E-state index is 12.3. The largest absolute Gasteiger partial charge is 0.573 e. The minimum absolute atomic E-state index is 0.140. The Bertz CT molecular complexity index is 947. The smallest absolute Gasteiger partial charge is 0.406 e. The summed E-state index contributed by atoms with van der Waals surface area (Å²) in [6.07, 6.45) is -3.04. The van der Waals surface area contributed by atoms with Crippen LogP contribution in [0.15, 0.2) is 18.2 Å². The fourth-order valence-corrected chi connectivity index (χ4v) is 4.08. The standard InChI is InChI=1S/C16H21F3N4O4S2/c1-3-4-7-20-10-29(25,26)23(2)9-14(24)22-15-21-12-6-5-11(8-13(12)28-15)27-16(17,18)19/h5-6,8,20H,3-4,7,9-10H2,1-2H3,(H,21,22,24). The molecule has 0 fully saturated rings. The number of carbonyl (C=O) groups is 1. The molecule has 0 bridgehead atoms. The van der Waals surface area contributed by atoms with Gasteiger partial charge in [-0.25, -0.2) is 13.4 Å². The molecule has 0 aliphatic carbocycles. The quantitative estimate of drug-likeness (QED) is 0.536. The number of alkyl halides is 3. The zero-order valence-electron chi connectivity index (χ0n) is 15.7. The second-order valence-electron chi connectivity index (χ2n) is 6.11. The van der Waals surface area contributed by atoms with Crippen LogP contribution in [0.2, 0.25) is 0 Å². The molecule has 8 nitrogen and oxygen atoms in total. The van der Waals surface area contributed by atoms with Crippen LogP contribution in [-0.4, -0.2) is 56.0 Å². The van der Waals surface area contributed by atoms with E-state index in [1.165, 1.54) is 13.1 Å². The van der Waals surface area contributed by atoms with E-state index in [0.717, 1.165) is 40.6 Å². The van der Waals surface area contributed by atoms with E-state index in [1.54, 1.807) is 0 Å². The van der Waals surface area contributed by atoms with Gasteiger partial charge in [-0.2, -0.15) is 4.31 Å². The summed E-state index contributed by atoms with van der Waals surface area (Å²) < 4.78 is 66.3. The number of likely N-dealkylation sites (N-methyl/N-ethyl adjacent to an activating group) is 1. The zero-order chi connectivity index (χ0) is 21.7. The van der Waals surface area contributed by atoms with Gasteiger partial charge in [-0.1, -0.05) is 24.7 Å². The summed E-state index contributed by atoms with van der Waals surface area (Å²) >= 11 is 0.949. The number of anilines is 1. The van der Waals surface area contributed by atoms with Crippen molar-refractivity contribution in [3.8, 4) is 5.75 Å². The van der Waals surface area contributed by atoms with Gasteiger partial charge in [0.15, 0.2) is 5.13 Å². The number of hydrogen-bond donors (Lipinski definition) is 2. The molecular formula is C16H21F3N4O4S2. The van der Waals surface area contributed by atoms with Gasteiger partial charge in [0.2, 0.25) is 15.9 Å². The van der Waals surface area contributed by atoms with Gasteiger partial charge < -0.3 is 15.4 Å². The van der Waals surface area contributed by atoms with Crippen molar-refractivity contribution >= 4 is 42.6 Å². The van der Waals surface area contributed by atoms with Crippen molar-refractivity contribution in [3.63, 3.8) is 0 Å². The monoisotopic (exact) mass is 454 g/mol. The third-order valence-electron chi connectivity index (χ3n) is 3.67. The van der Waals surface area contributed by atoms with Gasteiger partial charge in [0.05, 0.1) is 16.8 Å². The van der Waals surface area contributed by atoms with Crippen LogP contribution >= 0.6 is 11.3 Å². The summed E-state index contributed by atoms with van der Waals surface area (Å²) in [5.41, 5.74) is 0.376. The highest BCUT2D eigenvalue weighted by Gasteiger charge is 2.31. The number of nitrogens with zero attached hydrogens (tertiary/aromatic N) is 2. The Hall–Kier alpha value is -1.96. The van der Waals surface area contributed by atoms with Gasteiger partial charge in [0, 0.05) is 13.1 Å². The first-order valence-electron chi connectivity index (χ1n) is 8.61. The number of nitrogens with one attached hydrogen (secondary N) is 2. The predicted molar refractivity (Wildman–Crippen MR) is 104 cm³/mol. The molecule has 1 aromatic carbocycles. The number of amides is 1. The molecule has 2 N–H and O–H groups in total. The lowest BCUT2D eigenvalue weighted by atomic mass is 10.3. The number of unbranched alkanes of at least 4 members (excludes halogenated alkanes) is 1. The Labute approximate surface area is 170 Å². The Morgan fingerprint density at radius 2 is 2.07 bits per heavy atom. The topological polar surface area (TPSA) is 101 Å². The third-order valence-corrected chi connectivity index (χ3v) is 6.25. The van der Waals surface area contributed by atoms with E-state index in [2.05, 4.69) is 20.4 Å². The van der Waals surface area contributed by atoms with E-state index in [-0.39, 0.29) is 11.0 Å². The average molecular weight is 454 g/mol. The van der Waals surface area contributed by atoms with Gasteiger partial charge in [-0.15, -0.1) is 13.2 Å². The van der Waals surface area contributed by atoms with Gasteiger partial charge in [0.25, 0.3) is 0 Å². The molecule has 0 atom stereocenters. The van der Waals surface area contributed by atoms with Crippen LogP contribution in [0.3, 0.4) is 0 Å². The lowest BCUT2D eigenvalue weighted by Gasteiger charge is -2.16. The van der Waals surface area contributed by atoms with E-state index in [9.17, 15) is 26.4 Å². The fourth-order valence-electron chi connectivity index (χ4n) is 2.23. The molecule has 162 valence electrons. The van der Waals surface area contributed by atoms with E-state index in [0.29, 0.717) is 16.8 Å². The summed E-state index contributed by atoms with van der Waals surface area (Å²) in [7, 11) is -2.37. The molecule has 13 heteroatoms. The number of fused-ring (bicyclic) bond motifs is 1. The maximum absolute atomic E-state index is 12.3. The second-order valence-corrected chi connectivity index (χ2v) is 9.22. The highest BCUT2D eigenvalue weighted by molar-refractivity contribution is 7.89. The molecule has 0 aliphatic heterocycles. The van der Waals surface area contributed by atoms with Gasteiger partial charge in [-0.05, 0) is 25.1 Å². The molecule has 0 unspecified atom stereocenters. The predicted octanol–water partition coefficient (Wildman–Crippen LogP) is 2.74. The minimum atomic E-state index is -4.81. The van der Waals surface area contributed by atoms with Crippen molar-refractivity contribution < 1.29 is 31.1 Å². The van der Waals surface area contributed by atoms with E-state index in [1.807, 2.05) is 6.92 Å². The summed E-state index contributed by atoms with van der Waals surface area (Å²) in [6.45, 7) is 2.12. The first-order valence-corrected chi connectivity index (χ1v) is 11.0. The Balaban J connectivity index is 1.96. The van der Waals surface area contributed by atoms with Crippen LogP contribution < -0.4 is 15.4 Å². The first kappa shape index (κ1) is 23.3. The number of carbonyl (C=O) groups excluding carboxylic acids is 1. The lowest BCUT2D eigenvalue weighted by Crippen LogP contribution is -2.39. The summed E-state index contributed by atoms with van der Waals surface area (Å²) in [6, 6.07) is 3.61. The highest BCUT2D eigenvalue weighted by Crippen LogP contribution is 2.31. The van der Waals surface area contributed by atoms with E-state index < -0.39 is 34.6 Å². The molecule has 29 heavy (non-hydrogen) atoms. The number of rotatable bonds is 10. The molecule has 2 rings (SSSR count). The summed E-state index contributed by atoms with van der Waals surface area (Å²) in [4.78, 5) is 16.2. The molecule has 0 radical (unpaired) electrons. The Morgan fingerprint density at radius 3 is 2.72 bits per heavy atom. The molecular weight excluding hydrogens is 433 g/mol. The number of ether oxygens (including phenoxy) is 1. The van der Waals surface area contributed by atoms with Crippen LogP contribution in [0.1, 0.15) is 19.8 Å². The van der Waals surface area contributed by atoms with Crippen molar-refractivity contribution in [3.05, 3.63) is 18.2 Å². The molecule has 1 aromatic heterocycles. The number of thiazole rings is 1. The average Bonchev–Trinajstić information content (AvgIpc) is 2.98. The molecule has 1 amide bonds. The molecule has 2 aromatic rings. The van der Waals surface area contributed by atoms with Crippen LogP contribution in [-0.2, 0) is 14.8 Å². The van der Waals surface area contributed by atoms with Crippen molar-refractivity contribution in [2.24, 2.45) is 0 Å². The number of aromatic nitrogens is 1. The molecule has 0 spiro atoms. The fraction of sp³-hybridized carbons (Fsp3) is 0.500. The highest BCUT2D eigenvalue weighted by atomic mass is 32.2. The third kappa shape index (κ3) is 7.42. The molecule has 0 saturated carbocycles. The Morgan fingerprint density at radius 1 is 1.34 bits per heavy atom. The summed E-state index contributed by atoms with van der Waals surface area (Å²) in [5, 5.41) is 5.40. The molecule has 1 heterocycles. The van der Waals surface area contributed by atoms with Crippen molar-refractivity contribution in [2.45, 2.75) is 26.1 Å². The van der Waals surface area contributed by atoms with Crippen LogP contribution in [0.4, 0.5) is 18.3 Å². The van der Waals surface area contributed by atoms with Crippen molar-refractivity contribution in [1.29, 1.82) is 0 Å². The van der Waals surface area contributed by atoms with Crippen molar-refractivity contribution in [2.75, 3.05) is 31.3 Å². The van der Waals surface area contributed by atoms with Crippen LogP contribution in [0.25, 0.3) is 10.2 Å². The second kappa shape index (κ2) is 9.69. The number of hydrogen-bond acceptors (Lipinski definition) is 7. The van der Waals surface area contributed by atoms with Gasteiger partial charge >= 0.3 is 6.36 Å². The number of sulfonamides is 1. The normalized spacial score (nSPS) is 12.5. The van der Waals surface area contributed by atoms with Gasteiger partial charge in [0.1, 0.15) is 11.6 Å².